The Kier molecular flexibility index (Phi) is 3.44. The zero-order valence-electron chi connectivity index (χ0n) is 12.6. The van der Waals surface area contributed by atoms with Crippen LogP contribution in [0.15, 0.2) is 0 Å². The van der Waals surface area contributed by atoms with Gasteiger partial charge in [0.2, 0.25) is 0 Å². The molecule has 0 aromatic heterocycles. The molecule has 104 valence electrons. The highest BCUT2D eigenvalue weighted by Crippen LogP contribution is 2.42. The van der Waals surface area contributed by atoms with Gasteiger partial charge in [-0.1, -0.05) is 13.8 Å². The lowest BCUT2D eigenvalue weighted by Gasteiger charge is -2.45. The average Bonchev–Trinajstić information content (AvgIpc) is 2.71. The molecule has 0 aromatic rings. The molecule has 3 fully saturated rings. The molecule has 3 atom stereocenters. The molecule has 0 amide bonds. The normalized spacial score (nSPS) is 38.7. The number of hydrogen-bond donors (Lipinski definition) is 0. The monoisotopic (exact) mass is 250 g/mol. The van der Waals surface area contributed by atoms with Gasteiger partial charge in [0, 0.05) is 38.3 Å². The van der Waals surface area contributed by atoms with E-state index < -0.39 is 0 Å². The fourth-order valence-electron chi connectivity index (χ4n) is 4.29. The Morgan fingerprint density at radius 1 is 0.833 bits per heavy atom. The van der Waals surface area contributed by atoms with Crippen LogP contribution in [-0.2, 0) is 0 Å². The summed E-state index contributed by atoms with van der Waals surface area (Å²) in [6, 6.07) is 1.69. The van der Waals surface area contributed by atoms with Crippen LogP contribution in [0.2, 0.25) is 0 Å². The molecule has 2 saturated heterocycles. The molecule has 0 radical (unpaired) electrons. The van der Waals surface area contributed by atoms with E-state index in [0.29, 0.717) is 0 Å². The molecule has 2 heteroatoms. The Labute approximate surface area is 113 Å². The Morgan fingerprint density at radius 3 is 1.83 bits per heavy atom. The minimum atomic E-state index is 0.753. The van der Waals surface area contributed by atoms with E-state index in [1.54, 1.807) is 0 Å². The Morgan fingerprint density at radius 2 is 1.39 bits per heavy atom. The Balaban J connectivity index is 1.48. The van der Waals surface area contributed by atoms with Crippen LogP contribution < -0.4 is 0 Å². The van der Waals surface area contributed by atoms with Crippen LogP contribution in [0.25, 0.3) is 0 Å². The van der Waals surface area contributed by atoms with Crippen molar-refractivity contribution in [1.82, 2.24) is 9.80 Å². The molecule has 0 N–H and O–H groups in total. The van der Waals surface area contributed by atoms with Crippen molar-refractivity contribution in [1.29, 1.82) is 0 Å². The second-order valence-electron chi connectivity index (χ2n) is 7.65. The lowest BCUT2D eigenvalue weighted by atomic mass is 9.87. The zero-order valence-corrected chi connectivity index (χ0v) is 12.6. The van der Waals surface area contributed by atoms with Crippen LogP contribution >= 0.6 is 0 Å². The molecule has 1 aliphatic carbocycles. The number of nitrogens with zero attached hydrogens (tertiary/aromatic N) is 2. The first-order valence-corrected chi connectivity index (χ1v) is 8.02. The van der Waals surface area contributed by atoms with Gasteiger partial charge in [0.1, 0.15) is 0 Å². The van der Waals surface area contributed by atoms with Crippen molar-refractivity contribution in [3.05, 3.63) is 0 Å². The predicted octanol–water partition coefficient (Wildman–Crippen LogP) is 2.69. The van der Waals surface area contributed by atoms with Gasteiger partial charge in [-0.2, -0.15) is 0 Å². The lowest BCUT2D eigenvalue weighted by Crippen LogP contribution is -2.53. The number of rotatable bonds is 3. The molecule has 1 saturated carbocycles. The van der Waals surface area contributed by atoms with Crippen molar-refractivity contribution in [2.45, 2.75) is 52.6 Å². The highest BCUT2D eigenvalue weighted by molar-refractivity contribution is 4.99. The standard InChI is InChI=1S/C16H30N2/c1-11(2)15-9-18(10-15)16-5-13-7-17(12(3)4)8-14(13)6-16/h11-16H,5-10H2,1-4H3/t13-,14+,16?. The highest BCUT2D eigenvalue weighted by atomic mass is 15.2. The van der Waals surface area contributed by atoms with Gasteiger partial charge >= 0.3 is 0 Å². The third kappa shape index (κ3) is 2.22. The van der Waals surface area contributed by atoms with Gasteiger partial charge in [0.25, 0.3) is 0 Å². The molecular formula is C16H30N2. The molecule has 0 aromatic carbocycles. The van der Waals surface area contributed by atoms with Gasteiger partial charge in [0.05, 0.1) is 0 Å². The third-order valence-electron chi connectivity index (χ3n) is 5.88. The summed E-state index contributed by atoms with van der Waals surface area (Å²) in [5.41, 5.74) is 0. The zero-order chi connectivity index (χ0) is 12.9. The molecule has 18 heavy (non-hydrogen) atoms. The fraction of sp³-hybridized carbons (Fsp3) is 1.00. The maximum atomic E-state index is 2.78. The van der Waals surface area contributed by atoms with Crippen LogP contribution in [-0.4, -0.2) is 48.1 Å². The Bertz CT molecular complexity index is 279. The maximum Gasteiger partial charge on any atom is 0.0102 e. The summed E-state index contributed by atoms with van der Waals surface area (Å²) in [5.74, 6) is 3.89. The number of fused-ring (bicyclic) bond motifs is 1. The van der Waals surface area contributed by atoms with Crippen molar-refractivity contribution < 1.29 is 0 Å². The van der Waals surface area contributed by atoms with Crippen LogP contribution in [0.1, 0.15) is 40.5 Å². The van der Waals surface area contributed by atoms with Gasteiger partial charge in [-0.3, -0.25) is 4.90 Å². The van der Waals surface area contributed by atoms with Gasteiger partial charge in [-0.05, 0) is 50.4 Å². The highest BCUT2D eigenvalue weighted by Gasteiger charge is 2.45. The molecule has 0 spiro atoms. The summed E-state index contributed by atoms with van der Waals surface area (Å²) in [7, 11) is 0. The van der Waals surface area contributed by atoms with Crippen molar-refractivity contribution in [2.24, 2.45) is 23.7 Å². The first kappa shape index (κ1) is 12.9. The summed E-state index contributed by atoms with van der Waals surface area (Å²) < 4.78 is 0. The topological polar surface area (TPSA) is 6.48 Å². The Hall–Kier alpha value is -0.0800. The van der Waals surface area contributed by atoms with Crippen molar-refractivity contribution >= 4 is 0 Å². The van der Waals surface area contributed by atoms with E-state index in [1.165, 1.54) is 39.0 Å². The molecule has 2 aliphatic heterocycles. The van der Waals surface area contributed by atoms with E-state index in [-0.39, 0.29) is 0 Å². The minimum absolute atomic E-state index is 0.753. The first-order chi connectivity index (χ1) is 8.54. The summed E-state index contributed by atoms with van der Waals surface area (Å²) in [5, 5.41) is 0. The fourth-order valence-corrected chi connectivity index (χ4v) is 4.29. The number of hydrogen-bond acceptors (Lipinski definition) is 2. The van der Waals surface area contributed by atoms with Crippen molar-refractivity contribution in [3.63, 3.8) is 0 Å². The van der Waals surface area contributed by atoms with Gasteiger partial charge in [-0.25, -0.2) is 0 Å². The van der Waals surface area contributed by atoms with Crippen molar-refractivity contribution in [3.8, 4) is 0 Å². The van der Waals surface area contributed by atoms with Gasteiger partial charge in [0.15, 0.2) is 0 Å². The summed E-state index contributed by atoms with van der Waals surface area (Å²) in [6.07, 6.45) is 2.97. The van der Waals surface area contributed by atoms with E-state index in [9.17, 15) is 0 Å². The largest absolute Gasteiger partial charge is 0.300 e. The summed E-state index contributed by atoms with van der Waals surface area (Å²) in [6.45, 7) is 15.0. The van der Waals surface area contributed by atoms with E-state index in [1.807, 2.05) is 0 Å². The molecular weight excluding hydrogens is 220 g/mol. The van der Waals surface area contributed by atoms with E-state index >= 15 is 0 Å². The van der Waals surface area contributed by atoms with Gasteiger partial charge < -0.3 is 4.90 Å². The summed E-state index contributed by atoms with van der Waals surface area (Å²) in [4.78, 5) is 5.47. The second kappa shape index (κ2) is 4.79. The van der Waals surface area contributed by atoms with Crippen molar-refractivity contribution in [2.75, 3.05) is 26.2 Å². The smallest absolute Gasteiger partial charge is 0.0102 e. The molecule has 0 bridgehead atoms. The van der Waals surface area contributed by atoms with E-state index in [2.05, 4.69) is 37.5 Å². The maximum absolute atomic E-state index is 2.78. The molecule has 2 heterocycles. The van der Waals surface area contributed by atoms with Crippen LogP contribution in [0.3, 0.4) is 0 Å². The first-order valence-electron chi connectivity index (χ1n) is 8.02. The van der Waals surface area contributed by atoms with E-state index in [4.69, 9.17) is 0 Å². The quantitative estimate of drug-likeness (QED) is 0.760. The van der Waals surface area contributed by atoms with E-state index in [0.717, 1.165) is 35.8 Å². The third-order valence-corrected chi connectivity index (χ3v) is 5.88. The lowest BCUT2D eigenvalue weighted by molar-refractivity contribution is 0.0253. The van der Waals surface area contributed by atoms with Crippen LogP contribution in [0.5, 0.6) is 0 Å². The SMILES string of the molecule is CC(C)C1CN(C2C[C@@H]3CN(C(C)C)C[C@@H]3C2)C1. The van der Waals surface area contributed by atoms with Crippen LogP contribution in [0, 0.1) is 23.7 Å². The molecule has 3 aliphatic rings. The van der Waals surface area contributed by atoms with Gasteiger partial charge in [-0.15, -0.1) is 0 Å². The number of likely N-dealkylation sites (tertiary alicyclic amines) is 2. The van der Waals surface area contributed by atoms with Crippen LogP contribution in [0.4, 0.5) is 0 Å². The minimum Gasteiger partial charge on any atom is -0.300 e. The average molecular weight is 250 g/mol. The second-order valence-corrected chi connectivity index (χ2v) is 7.65. The predicted molar refractivity (Wildman–Crippen MR) is 76.6 cm³/mol. The molecule has 2 nitrogen and oxygen atoms in total. The molecule has 3 rings (SSSR count). The summed E-state index contributed by atoms with van der Waals surface area (Å²) >= 11 is 0. The molecule has 1 unspecified atom stereocenters.